The maximum absolute atomic E-state index is 12.2. The quantitative estimate of drug-likeness (QED) is 0.750. The van der Waals surface area contributed by atoms with E-state index in [-0.39, 0.29) is 5.91 Å². The summed E-state index contributed by atoms with van der Waals surface area (Å²) in [5, 5.41) is 2.82. The number of aromatic nitrogens is 2. The highest BCUT2D eigenvalue weighted by molar-refractivity contribution is 7.98. The Bertz CT molecular complexity index is 787. The molecule has 5 heteroatoms. The van der Waals surface area contributed by atoms with Crippen molar-refractivity contribution in [2.45, 2.75) is 4.90 Å². The first-order chi connectivity index (χ1) is 10.3. The molecule has 21 heavy (non-hydrogen) atoms. The predicted molar refractivity (Wildman–Crippen MR) is 85.7 cm³/mol. The highest BCUT2D eigenvalue weighted by atomic mass is 32.2. The van der Waals surface area contributed by atoms with Gasteiger partial charge in [-0.2, -0.15) is 0 Å². The number of para-hydroxylation sites is 2. The number of amides is 1. The highest BCUT2D eigenvalue weighted by Crippen LogP contribution is 2.18. The Morgan fingerprint density at radius 3 is 2.48 bits per heavy atom. The van der Waals surface area contributed by atoms with E-state index in [2.05, 4.69) is 15.3 Å². The van der Waals surface area contributed by atoms with Crippen LogP contribution >= 0.6 is 11.8 Å². The van der Waals surface area contributed by atoms with Crippen LogP contribution in [0.3, 0.4) is 0 Å². The summed E-state index contributed by atoms with van der Waals surface area (Å²) in [5.74, 6) is -0.259. The molecule has 0 spiro atoms. The van der Waals surface area contributed by atoms with Crippen LogP contribution in [0.1, 0.15) is 10.5 Å². The molecule has 0 aliphatic heterocycles. The summed E-state index contributed by atoms with van der Waals surface area (Å²) in [4.78, 5) is 21.9. The molecule has 0 unspecified atom stereocenters. The zero-order valence-electron chi connectivity index (χ0n) is 11.4. The topological polar surface area (TPSA) is 54.9 Å². The average Bonchev–Trinajstić information content (AvgIpc) is 2.55. The molecule has 3 rings (SSSR count). The minimum Gasteiger partial charge on any atom is -0.321 e. The van der Waals surface area contributed by atoms with Gasteiger partial charge in [-0.1, -0.05) is 12.1 Å². The monoisotopic (exact) mass is 295 g/mol. The molecule has 0 fully saturated rings. The molecule has 1 amide bonds. The Balaban J connectivity index is 1.82. The molecule has 0 aliphatic carbocycles. The van der Waals surface area contributed by atoms with E-state index in [0.29, 0.717) is 11.2 Å². The molecule has 104 valence electrons. The number of anilines is 1. The minimum atomic E-state index is -0.259. The van der Waals surface area contributed by atoms with Crippen molar-refractivity contribution in [2.24, 2.45) is 0 Å². The molecular formula is C16H13N3OS. The van der Waals surface area contributed by atoms with Crippen LogP contribution in [0.4, 0.5) is 5.69 Å². The first kappa shape index (κ1) is 13.6. The lowest BCUT2D eigenvalue weighted by Crippen LogP contribution is -2.14. The smallest absolute Gasteiger partial charge is 0.275 e. The average molecular weight is 295 g/mol. The standard InChI is InChI=1S/C16H13N3OS/c1-21-12-8-6-11(7-9-12)18-16(20)15-10-17-13-4-2-3-5-14(13)19-15/h2-10H,1H3,(H,18,20). The largest absolute Gasteiger partial charge is 0.321 e. The lowest BCUT2D eigenvalue weighted by Gasteiger charge is -2.06. The van der Waals surface area contributed by atoms with Crippen molar-refractivity contribution in [3.05, 3.63) is 60.4 Å². The fraction of sp³-hybridized carbons (Fsp3) is 0.0625. The van der Waals surface area contributed by atoms with E-state index in [4.69, 9.17) is 0 Å². The van der Waals surface area contributed by atoms with Crippen LogP contribution in [0, 0.1) is 0 Å². The van der Waals surface area contributed by atoms with Gasteiger partial charge in [-0.15, -0.1) is 11.8 Å². The van der Waals surface area contributed by atoms with Crippen LogP contribution in [-0.2, 0) is 0 Å². The van der Waals surface area contributed by atoms with Gasteiger partial charge >= 0.3 is 0 Å². The maximum Gasteiger partial charge on any atom is 0.275 e. The molecular weight excluding hydrogens is 282 g/mol. The summed E-state index contributed by atoms with van der Waals surface area (Å²) >= 11 is 1.66. The van der Waals surface area contributed by atoms with Gasteiger partial charge in [0.15, 0.2) is 0 Å². The number of rotatable bonds is 3. The normalized spacial score (nSPS) is 10.5. The first-order valence-corrected chi connectivity index (χ1v) is 7.66. The summed E-state index contributed by atoms with van der Waals surface area (Å²) in [6.07, 6.45) is 3.51. The molecule has 1 heterocycles. The van der Waals surface area contributed by atoms with Gasteiger partial charge in [-0.25, -0.2) is 4.98 Å². The number of nitrogens with one attached hydrogen (secondary N) is 1. The van der Waals surface area contributed by atoms with Crippen molar-refractivity contribution >= 4 is 34.4 Å². The Hall–Kier alpha value is -2.40. The van der Waals surface area contributed by atoms with Gasteiger partial charge in [-0.05, 0) is 42.7 Å². The highest BCUT2D eigenvalue weighted by Gasteiger charge is 2.09. The van der Waals surface area contributed by atoms with E-state index in [0.717, 1.165) is 16.1 Å². The van der Waals surface area contributed by atoms with Gasteiger partial charge in [0.05, 0.1) is 17.2 Å². The third-order valence-electron chi connectivity index (χ3n) is 3.03. The van der Waals surface area contributed by atoms with Crippen molar-refractivity contribution < 1.29 is 4.79 Å². The van der Waals surface area contributed by atoms with Crippen molar-refractivity contribution in [2.75, 3.05) is 11.6 Å². The van der Waals surface area contributed by atoms with Crippen LogP contribution in [0.15, 0.2) is 59.6 Å². The van der Waals surface area contributed by atoms with Crippen molar-refractivity contribution in [3.8, 4) is 0 Å². The molecule has 1 aromatic heterocycles. The second kappa shape index (κ2) is 5.93. The van der Waals surface area contributed by atoms with Crippen molar-refractivity contribution in [3.63, 3.8) is 0 Å². The van der Waals surface area contributed by atoms with E-state index in [9.17, 15) is 4.79 Å². The third kappa shape index (κ3) is 3.03. The van der Waals surface area contributed by atoms with Gasteiger partial charge in [0.2, 0.25) is 0 Å². The van der Waals surface area contributed by atoms with Gasteiger partial charge in [0, 0.05) is 10.6 Å². The van der Waals surface area contributed by atoms with Crippen LogP contribution < -0.4 is 5.32 Å². The second-order valence-corrected chi connectivity index (χ2v) is 5.31. The SMILES string of the molecule is CSc1ccc(NC(=O)c2cnc3ccccc3n2)cc1. The van der Waals surface area contributed by atoms with E-state index in [1.165, 1.54) is 6.20 Å². The molecule has 0 saturated carbocycles. The summed E-state index contributed by atoms with van der Waals surface area (Å²) in [6.45, 7) is 0. The fourth-order valence-corrected chi connectivity index (χ4v) is 2.34. The predicted octanol–water partition coefficient (Wildman–Crippen LogP) is 3.60. The number of carbonyl (C=O) groups excluding carboxylic acids is 1. The molecule has 0 aliphatic rings. The number of carbonyl (C=O) groups is 1. The second-order valence-electron chi connectivity index (χ2n) is 4.43. The van der Waals surface area contributed by atoms with Gasteiger partial charge in [0.1, 0.15) is 5.69 Å². The molecule has 3 aromatic rings. The van der Waals surface area contributed by atoms with Gasteiger partial charge in [-0.3, -0.25) is 9.78 Å². The lowest BCUT2D eigenvalue weighted by molar-refractivity contribution is 0.102. The van der Waals surface area contributed by atoms with Gasteiger partial charge in [0.25, 0.3) is 5.91 Å². The number of hydrogen-bond acceptors (Lipinski definition) is 4. The van der Waals surface area contributed by atoms with E-state index in [1.807, 2.05) is 54.8 Å². The summed E-state index contributed by atoms with van der Waals surface area (Å²) in [5.41, 5.74) is 2.54. The van der Waals surface area contributed by atoms with Crippen LogP contribution in [-0.4, -0.2) is 22.1 Å². The fourth-order valence-electron chi connectivity index (χ4n) is 1.94. The number of thioether (sulfide) groups is 1. The van der Waals surface area contributed by atoms with E-state index in [1.54, 1.807) is 11.8 Å². The van der Waals surface area contributed by atoms with Crippen LogP contribution in [0.25, 0.3) is 11.0 Å². The Kier molecular flexibility index (Phi) is 3.83. The molecule has 0 atom stereocenters. The number of nitrogens with zero attached hydrogens (tertiary/aromatic N) is 2. The van der Waals surface area contributed by atoms with Crippen LogP contribution in [0.5, 0.6) is 0 Å². The molecule has 0 saturated heterocycles. The van der Waals surface area contributed by atoms with E-state index < -0.39 is 0 Å². The molecule has 4 nitrogen and oxygen atoms in total. The minimum absolute atomic E-state index is 0.259. The molecule has 1 N–H and O–H groups in total. The van der Waals surface area contributed by atoms with Gasteiger partial charge < -0.3 is 5.32 Å². The molecule has 2 aromatic carbocycles. The summed E-state index contributed by atoms with van der Waals surface area (Å²) in [7, 11) is 0. The summed E-state index contributed by atoms with van der Waals surface area (Å²) in [6, 6.07) is 15.1. The molecule has 0 bridgehead atoms. The lowest BCUT2D eigenvalue weighted by atomic mass is 10.3. The first-order valence-electron chi connectivity index (χ1n) is 6.43. The third-order valence-corrected chi connectivity index (χ3v) is 3.77. The van der Waals surface area contributed by atoms with Crippen molar-refractivity contribution in [1.82, 2.24) is 9.97 Å². The number of benzene rings is 2. The Morgan fingerprint density at radius 1 is 1.05 bits per heavy atom. The number of fused-ring (bicyclic) bond motifs is 1. The van der Waals surface area contributed by atoms with E-state index >= 15 is 0 Å². The summed E-state index contributed by atoms with van der Waals surface area (Å²) < 4.78 is 0. The zero-order chi connectivity index (χ0) is 14.7. The Labute approximate surface area is 126 Å². The Morgan fingerprint density at radius 2 is 1.76 bits per heavy atom. The zero-order valence-corrected chi connectivity index (χ0v) is 12.2. The van der Waals surface area contributed by atoms with Crippen LogP contribution in [0.2, 0.25) is 0 Å². The number of hydrogen-bond donors (Lipinski definition) is 1. The maximum atomic E-state index is 12.2. The molecule has 0 radical (unpaired) electrons. The van der Waals surface area contributed by atoms with Crippen molar-refractivity contribution in [1.29, 1.82) is 0 Å².